The maximum Gasteiger partial charge on any atom is 0.126 e. The van der Waals surface area contributed by atoms with Crippen molar-refractivity contribution >= 4 is 12.0 Å². The minimum absolute atomic E-state index is 0.252. The minimum atomic E-state index is 0.252. The number of rotatable bonds is 4. The molecule has 1 aromatic rings. The number of hydrogen-bond donors (Lipinski definition) is 2. The van der Waals surface area contributed by atoms with Gasteiger partial charge in [0.05, 0.1) is 0 Å². The van der Waals surface area contributed by atoms with Crippen LogP contribution in [0.1, 0.15) is 12.5 Å². The third kappa shape index (κ3) is 3.23. The van der Waals surface area contributed by atoms with Crippen molar-refractivity contribution < 1.29 is 0 Å². The van der Waals surface area contributed by atoms with E-state index >= 15 is 0 Å². The predicted octanol–water partition coefficient (Wildman–Crippen LogP) is 2.09. The normalized spacial score (nSPS) is 12.2. The minimum Gasteiger partial charge on any atom is -0.369 e. The van der Waals surface area contributed by atoms with Gasteiger partial charge in [0.25, 0.3) is 0 Å². The van der Waals surface area contributed by atoms with E-state index in [1.807, 2.05) is 26.0 Å². The van der Waals surface area contributed by atoms with Gasteiger partial charge in [-0.1, -0.05) is 6.92 Å². The van der Waals surface area contributed by atoms with Crippen LogP contribution >= 0.6 is 0 Å². The van der Waals surface area contributed by atoms with Crippen molar-refractivity contribution in [3.8, 4) is 0 Å². The fourth-order valence-corrected chi connectivity index (χ4v) is 0.957. The lowest BCUT2D eigenvalue weighted by atomic mass is 10.2. The molecule has 0 fully saturated rings. The van der Waals surface area contributed by atoms with E-state index < -0.39 is 0 Å². The number of nitrogens with zero attached hydrogens (tertiary/aromatic N) is 1. The van der Waals surface area contributed by atoms with E-state index in [-0.39, 0.29) is 5.92 Å². The van der Waals surface area contributed by atoms with Gasteiger partial charge in [-0.3, -0.25) is 0 Å². The molecular formula is C10H15N3. The Labute approximate surface area is 78.7 Å². The van der Waals surface area contributed by atoms with Crippen LogP contribution in [-0.2, 0) is 0 Å². The molecule has 1 rings (SSSR count). The van der Waals surface area contributed by atoms with Crippen molar-refractivity contribution in [1.82, 2.24) is 4.98 Å². The summed E-state index contributed by atoms with van der Waals surface area (Å²) in [6, 6.07) is 3.96. The second-order valence-electron chi connectivity index (χ2n) is 3.24. The number of pyridine rings is 1. The topological polar surface area (TPSA) is 48.8 Å². The van der Waals surface area contributed by atoms with E-state index in [0.717, 1.165) is 12.4 Å². The van der Waals surface area contributed by atoms with Gasteiger partial charge in [0, 0.05) is 18.7 Å². The molecule has 0 aliphatic heterocycles. The largest absolute Gasteiger partial charge is 0.369 e. The number of hydrogen-bond acceptors (Lipinski definition) is 3. The van der Waals surface area contributed by atoms with Crippen molar-refractivity contribution in [2.75, 3.05) is 11.9 Å². The van der Waals surface area contributed by atoms with Crippen molar-refractivity contribution in [3.05, 3.63) is 23.9 Å². The van der Waals surface area contributed by atoms with Gasteiger partial charge < -0.3 is 10.7 Å². The number of anilines is 1. The van der Waals surface area contributed by atoms with Gasteiger partial charge >= 0.3 is 0 Å². The van der Waals surface area contributed by atoms with Crippen LogP contribution in [0.4, 0.5) is 5.82 Å². The second-order valence-corrected chi connectivity index (χ2v) is 3.24. The van der Waals surface area contributed by atoms with Crippen LogP contribution in [0.3, 0.4) is 0 Å². The predicted molar refractivity (Wildman–Crippen MR) is 55.4 cm³/mol. The molecule has 0 aromatic carbocycles. The SMILES string of the molecule is Cc1ccnc(NCC(C)C=N)c1. The molecule has 0 amide bonds. The molecule has 3 heteroatoms. The monoisotopic (exact) mass is 177 g/mol. The van der Waals surface area contributed by atoms with E-state index in [1.54, 1.807) is 6.20 Å². The van der Waals surface area contributed by atoms with E-state index in [1.165, 1.54) is 11.8 Å². The first-order valence-corrected chi connectivity index (χ1v) is 4.39. The molecule has 0 spiro atoms. The molecular weight excluding hydrogens is 162 g/mol. The third-order valence-electron chi connectivity index (χ3n) is 1.81. The lowest BCUT2D eigenvalue weighted by Gasteiger charge is -2.07. The maximum absolute atomic E-state index is 7.03. The molecule has 2 N–H and O–H groups in total. The van der Waals surface area contributed by atoms with Crippen LogP contribution in [-0.4, -0.2) is 17.7 Å². The summed E-state index contributed by atoms with van der Waals surface area (Å²) in [5.74, 6) is 1.14. The Hall–Kier alpha value is -1.38. The van der Waals surface area contributed by atoms with Crippen LogP contribution in [0.2, 0.25) is 0 Å². The van der Waals surface area contributed by atoms with E-state index in [9.17, 15) is 0 Å². The summed E-state index contributed by atoms with van der Waals surface area (Å²) in [5, 5.41) is 10.2. The summed E-state index contributed by atoms with van der Waals surface area (Å²) in [4.78, 5) is 4.16. The van der Waals surface area contributed by atoms with Crippen LogP contribution < -0.4 is 5.32 Å². The standard InChI is InChI=1S/C10H15N3/c1-8-3-4-12-10(5-8)13-7-9(2)6-11/h3-6,9,11H,7H2,1-2H3,(H,12,13). The summed E-state index contributed by atoms with van der Waals surface area (Å²) in [6.07, 6.45) is 3.22. The number of aryl methyl sites for hydroxylation is 1. The molecule has 1 unspecified atom stereocenters. The van der Waals surface area contributed by atoms with E-state index in [4.69, 9.17) is 5.41 Å². The van der Waals surface area contributed by atoms with Crippen molar-refractivity contribution in [3.63, 3.8) is 0 Å². The van der Waals surface area contributed by atoms with E-state index in [0.29, 0.717) is 0 Å². The molecule has 0 saturated heterocycles. The lowest BCUT2D eigenvalue weighted by Crippen LogP contribution is -2.12. The Morgan fingerprint density at radius 3 is 3.08 bits per heavy atom. The zero-order valence-corrected chi connectivity index (χ0v) is 8.04. The van der Waals surface area contributed by atoms with E-state index in [2.05, 4.69) is 10.3 Å². The molecule has 13 heavy (non-hydrogen) atoms. The highest BCUT2D eigenvalue weighted by atomic mass is 15.0. The van der Waals surface area contributed by atoms with Crippen molar-refractivity contribution in [2.24, 2.45) is 5.92 Å². The molecule has 1 heterocycles. The second kappa shape index (κ2) is 4.60. The van der Waals surface area contributed by atoms with Crippen LogP contribution in [0.15, 0.2) is 18.3 Å². The molecule has 70 valence electrons. The molecule has 0 bridgehead atoms. The molecule has 0 aliphatic rings. The Balaban J connectivity index is 2.49. The van der Waals surface area contributed by atoms with Gasteiger partial charge in [0.1, 0.15) is 5.82 Å². The zero-order chi connectivity index (χ0) is 9.68. The van der Waals surface area contributed by atoms with Gasteiger partial charge in [-0.15, -0.1) is 0 Å². The fourth-order valence-electron chi connectivity index (χ4n) is 0.957. The summed E-state index contributed by atoms with van der Waals surface area (Å²) in [7, 11) is 0. The van der Waals surface area contributed by atoms with Gasteiger partial charge in [-0.05, 0) is 30.8 Å². The molecule has 3 nitrogen and oxygen atoms in total. The highest BCUT2D eigenvalue weighted by molar-refractivity contribution is 5.57. The summed E-state index contributed by atoms with van der Waals surface area (Å²) in [6.45, 7) is 4.79. The van der Waals surface area contributed by atoms with Crippen LogP contribution in [0.25, 0.3) is 0 Å². The Bertz CT molecular complexity index is 283. The first-order valence-electron chi connectivity index (χ1n) is 4.39. The molecule has 0 radical (unpaired) electrons. The first kappa shape index (κ1) is 9.71. The molecule has 1 atom stereocenters. The highest BCUT2D eigenvalue weighted by Gasteiger charge is 1.97. The Morgan fingerprint density at radius 1 is 1.69 bits per heavy atom. The van der Waals surface area contributed by atoms with Gasteiger partial charge in [0.15, 0.2) is 0 Å². The molecule has 0 aliphatic carbocycles. The van der Waals surface area contributed by atoms with Crippen LogP contribution in [0, 0.1) is 18.3 Å². The summed E-state index contributed by atoms with van der Waals surface area (Å²) < 4.78 is 0. The lowest BCUT2D eigenvalue weighted by molar-refractivity contribution is 0.825. The van der Waals surface area contributed by atoms with Gasteiger partial charge in [-0.2, -0.15) is 0 Å². The molecule has 0 saturated carbocycles. The Kier molecular flexibility index (Phi) is 3.43. The van der Waals surface area contributed by atoms with Gasteiger partial charge in [0.2, 0.25) is 0 Å². The molecule has 1 aromatic heterocycles. The van der Waals surface area contributed by atoms with Crippen molar-refractivity contribution in [2.45, 2.75) is 13.8 Å². The third-order valence-corrected chi connectivity index (χ3v) is 1.81. The van der Waals surface area contributed by atoms with Crippen molar-refractivity contribution in [1.29, 1.82) is 5.41 Å². The maximum atomic E-state index is 7.03. The van der Waals surface area contributed by atoms with Crippen LogP contribution in [0.5, 0.6) is 0 Å². The highest BCUT2D eigenvalue weighted by Crippen LogP contribution is 2.05. The average molecular weight is 177 g/mol. The number of aromatic nitrogens is 1. The van der Waals surface area contributed by atoms with Gasteiger partial charge in [-0.25, -0.2) is 4.98 Å². The number of nitrogens with one attached hydrogen (secondary N) is 2. The fraction of sp³-hybridized carbons (Fsp3) is 0.400. The average Bonchev–Trinajstić information content (AvgIpc) is 2.14. The summed E-state index contributed by atoms with van der Waals surface area (Å²) >= 11 is 0. The zero-order valence-electron chi connectivity index (χ0n) is 8.04. The quantitative estimate of drug-likeness (QED) is 0.692. The first-order chi connectivity index (χ1) is 6.22. The Morgan fingerprint density at radius 2 is 2.46 bits per heavy atom. The summed E-state index contributed by atoms with van der Waals surface area (Å²) in [5.41, 5.74) is 1.19. The smallest absolute Gasteiger partial charge is 0.126 e.